The lowest BCUT2D eigenvalue weighted by Crippen LogP contribution is -2.45. The van der Waals surface area contributed by atoms with Crippen LogP contribution < -0.4 is 10.6 Å². The van der Waals surface area contributed by atoms with Crippen LogP contribution in [0, 0.1) is 5.41 Å². The third kappa shape index (κ3) is 4.60. The smallest absolute Gasteiger partial charge is 0.321 e. The molecule has 5 heteroatoms. The van der Waals surface area contributed by atoms with Gasteiger partial charge in [0.15, 0.2) is 0 Å². The van der Waals surface area contributed by atoms with Gasteiger partial charge in [-0.15, -0.1) is 0 Å². The summed E-state index contributed by atoms with van der Waals surface area (Å²) in [5, 5.41) is 6.30. The lowest BCUT2D eigenvalue weighted by molar-refractivity contribution is 0.0936. The number of aryl methyl sites for hydroxylation is 1. The van der Waals surface area contributed by atoms with E-state index in [2.05, 4.69) is 35.8 Å². The Bertz CT molecular complexity index is 936. The molecule has 1 saturated heterocycles. The van der Waals surface area contributed by atoms with Crippen LogP contribution in [0.25, 0.3) is 6.08 Å². The predicted octanol–water partition coefficient (Wildman–Crippen LogP) is 4.81. The van der Waals surface area contributed by atoms with Crippen LogP contribution in [-0.2, 0) is 6.42 Å². The molecule has 31 heavy (non-hydrogen) atoms. The maximum Gasteiger partial charge on any atom is 0.321 e. The van der Waals surface area contributed by atoms with Crippen LogP contribution in [0.3, 0.4) is 0 Å². The van der Waals surface area contributed by atoms with Crippen molar-refractivity contribution in [1.29, 1.82) is 0 Å². The standard InChI is InChI=1S/C26H33N3O2/c1-3-9-21-19(4-2)10-8-13-22(21)24(30)28-23-18-26(23)14-16-29(17-15-26)25(31)27-20-11-6-5-7-12-20/h3,6,8-13,23H,4-5,7,14-18H2,1-2H3,(H,27,31)(H,28,30)/b9-3-. The number of hydrogen-bond donors (Lipinski definition) is 2. The average Bonchev–Trinajstić information content (AvgIpc) is 3.45. The molecule has 0 aromatic heterocycles. The molecule has 2 N–H and O–H groups in total. The molecule has 2 aliphatic carbocycles. The number of rotatable bonds is 5. The van der Waals surface area contributed by atoms with E-state index in [1.165, 1.54) is 5.56 Å². The molecule has 4 rings (SSSR count). The molecule has 1 spiro atoms. The van der Waals surface area contributed by atoms with E-state index in [4.69, 9.17) is 0 Å². The third-order valence-electron chi connectivity index (χ3n) is 6.94. The van der Waals surface area contributed by atoms with Crippen LogP contribution >= 0.6 is 0 Å². The Kier molecular flexibility index (Phi) is 6.30. The van der Waals surface area contributed by atoms with Crippen molar-refractivity contribution >= 4 is 18.0 Å². The first-order valence-corrected chi connectivity index (χ1v) is 11.5. The van der Waals surface area contributed by atoms with Gasteiger partial charge in [0.2, 0.25) is 0 Å². The van der Waals surface area contributed by atoms with Crippen molar-refractivity contribution in [2.24, 2.45) is 5.41 Å². The van der Waals surface area contributed by atoms with Crippen LogP contribution in [0.5, 0.6) is 0 Å². The minimum Gasteiger partial charge on any atom is -0.349 e. The van der Waals surface area contributed by atoms with Gasteiger partial charge in [-0.2, -0.15) is 0 Å². The highest BCUT2D eigenvalue weighted by molar-refractivity contribution is 5.98. The second-order valence-electron chi connectivity index (χ2n) is 8.88. The topological polar surface area (TPSA) is 61.4 Å². The molecule has 1 unspecified atom stereocenters. The Morgan fingerprint density at radius 2 is 2.03 bits per heavy atom. The number of carbonyl (C=O) groups is 2. The first kappa shape index (κ1) is 21.4. The van der Waals surface area contributed by atoms with Crippen molar-refractivity contribution in [2.75, 3.05) is 13.1 Å². The lowest BCUT2D eigenvalue weighted by atomic mass is 9.92. The van der Waals surface area contributed by atoms with Gasteiger partial charge in [0.05, 0.1) is 0 Å². The van der Waals surface area contributed by atoms with Gasteiger partial charge in [-0.3, -0.25) is 4.79 Å². The molecular weight excluding hydrogens is 386 g/mol. The SMILES string of the molecule is C/C=C\c1c(CC)cccc1C(=O)NC1CC12CCN(C(=O)NC1=CCCC=C1)CC2. The molecule has 0 bridgehead atoms. The number of hydrogen-bond acceptors (Lipinski definition) is 2. The van der Waals surface area contributed by atoms with Gasteiger partial charge >= 0.3 is 6.03 Å². The monoisotopic (exact) mass is 419 g/mol. The van der Waals surface area contributed by atoms with Gasteiger partial charge in [-0.25, -0.2) is 4.79 Å². The van der Waals surface area contributed by atoms with Crippen molar-refractivity contribution in [3.63, 3.8) is 0 Å². The summed E-state index contributed by atoms with van der Waals surface area (Å²) in [7, 11) is 0. The van der Waals surface area contributed by atoms with E-state index in [0.717, 1.165) is 68.4 Å². The maximum absolute atomic E-state index is 13.0. The molecular formula is C26H33N3O2. The van der Waals surface area contributed by atoms with Gasteiger partial charge in [-0.1, -0.05) is 43.4 Å². The minimum atomic E-state index is -0.0127. The second-order valence-corrected chi connectivity index (χ2v) is 8.88. The fourth-order valence-corrected chi connectivity index (χ4v) is 4.89. The van der Waals surface area contributed by atoms with Crippen molar-refractivity contribution in [3.8, 4) is 0 Å². The largest absolute Gasteiger partial charge is 0.349 e. The zero-order valence-corrected chi connectivity index (χ0v) is 18.6. The summed E-state index contributed by atoms with van der Waals surface area (Å²) in [6.45, 7) is 5.58. The highest BCUT2D eigenvalue weighted by Gasteiger charge is 2.56. The lowest BCUT2D eigenvalue weighted by Gasteiger charge is -2.33. The molecule has 1 aliphatic heterocycles. The number of allylic oxidation sites excluding steroid dienone is 4. The predicted molar refractivity (Wildman–Crippen MR) is 125 cm³/mol. The van der Waals surface area contributed by atoms with E-state index in [0.29, 0.717) is 0 Å². The Morgan fingerprint density at radius 3 is 2.71 bits per heavy atom. The highest BCUT2D eigenvalue weighted by atomic mass is 16.2. The summed E-state index contributed by atoms with van der Waals surface area (Å²) in [6.07, 6.45) is 16.0. The summed E-state index contributed by atoms with van der Waals surface area (Å²) in [4.78, 5) is 27.5. The number of carbonyl (C=O) groups excluding carboxylic acids is 2. The maximum atomic E-state index is 13.0. The Labute approximate surface area is 185 Å². The third-order valence-corrected chi connectivity index (χ3v) is 6.94. The second kappa shape index (κ2) is 9.13. The molecule has 1 aromatic carbocycles. The van der Waals surface area contributed by atoms with Crippen LogP contribution in [0.15, 0.2) is 48.2 Å². The highest BCUT2D eigenvalue weighted by Crippen LogP contribution is 2.54. The van der Waals surface area contributed by atoms with E-state index >= 15 is 0 Å². The van der Waals surface area contributed by atoms with Crippen molar-refractivity contribution in [1.82, 2.24) is 15.5 Å². The van der Waals surface area contributed by atoms with Crippen molar-refractivity contribution < 1.29 is 9.59 Å². The summed E-state index contributed by atoms with van der Waals surface area (Å²) >= 11 is 0. The first-order chi connectivity index (χ1) is 15.1. The van der Waals surface area contributed by atoms with Crippen molar-refractivity contribution in [3.05, 3.63) is 64.9 Å². The Hall–Kier alpha value is -2.82. The molecule has 3 aliphatic rings. The number of piperidine rings is 1. The number of amides is 3. The summed E-state index contributed by atoms with van der Waals surface area (Å²) in [5.74, 6) is 0.0153. The molecule has 3 amide bonds. The average molecular weight is 420 g/mol. The molecule has 5 nitrogen and oxygen atoms in total. The fraction of sp³-hybridized carbons (Fsp3) is 0.462. The molecule has 1 atom stereocenters. The van der Waals surface area contributed by atoms with E-state index in [1.807, 2.05) is 42.2 Å². The van der Waals surface area contributed by atoms with Gasteiger partial charge in [-0.05, 0) is 74.1 Å². The molecule has 164 valence electrons. The van der Waals surface area contributed by atoms with E-state index in [-0.39, 0.29) is 23.4 Å². The molecule has 0 radical (unpaired) electrons. The zero-order valence-electron chi connectivity index (χ0n) is 18.6. The van der Waals surface area contributed by atoms with Crippen LogP contribution in [0.4, 0.5) is 4.79 Å². The summed E-state index contributed by atoms with van der Waals surface area (Å²) in [5.41, 5.74) is 4.03. The van der Waals surface area contributed by atoms with Crippen LogP contribution in [0.2, 0.25) is 0 Å². The van der Waals surface area contributed by atoms with Gasteiger partial charge in [0.1, 0.15) is 0 Å². The first-order valence-electron chi connectivity index (χ1n) is 11.5. The van der Waals surface area contributed by atoms with E-state index in [9.17, 15) is 9.59 Å². The van der Waals surface area contributed by atoms with Gasteiger partial charge in [0, 0.05) is 30.4 Å². The molecule has 2 fully saturated rings. The van der Waals surface area contributed by atoms with E-state index in [1.54, 1.807) is 0 Å². The number of benzene rings is 1. The van der Waals surface area contributed by atoms with Crippen molar-refractivity contribution in [2.45, 2.75) is 58.4 Å². The summed E-state index contributed by atoms with van der Waals surface area (Å²) in [6, 6.07) is 6.17. The quantitative estimate of drug-likeness (QED) is 0.719. The van der Waals surface area contributed by atoms with E-state index < -0.39 is 0 Å². The van der Waals surface area contributed by atoms with Gasteiger partial charge in [0.25, 0.3) is 5.91 Å². The summed E-state index contributed by atoms with van der Waals surface area (Å²) < 4.78 is 0. The van der Waals surface area contributed by atoms with Gasteiger partial charge < -0.3 is 15.5 Å². The molecule has 1 aromatic rings. The minimum absolute atomic E-state index is 0.0127. The number of nitrogens with one attached hydrogen (secondary N) is 2. The van der Waals surface area contributed by atoms with Crippen LogP contribution in [0.1, 0.15) is 67.4 Å². The number of urea groups is 1. The Morgan fingerprint density at radius 1 is 1.23 bits per heavy atom. The van der Waals surface area contributed by atoms with Crippen LogP contribution in [-0.4, -0.2) is 36.0 Å². The number of likely N-dealkylation sites (tertiary alicyclic amines) is 1. The molecule has 1 heterocycles. The zero-order chi connectivity index (χ0) is 21.8. The fourth-order valence-electron chi connectivity index (χ4n) is 4.89. The Balaban J connectivity index is 1.33. The molecule has 1 saturated carbocycles. The number of nitrogens with zero attached hydrogens (tertiary/aromatic N) is 1. The normalized spacial score (nSPS) is 21.8.